The zero-order valence-corrected chi connectivity index (χ0v) is 16.5. The number of alkyl halides is 3. The third kappa shape index (κ3) is 5.29. The van der Waals surface area contributed by atoms with Crippen LogP contribution in [0.2, 0.25) is 0 Å². The largest absolute Gasteiger partial charge is 0.390 e. The van der Waals surface area contributed by atoms with Gasteiger partial charge in [-0.05, 0) is 23.8 Å². The average Bonchev–Trinajstić information content (AvgIpc) is 2.65. The first-order valence-corrected chi connectivity index (χ1v) is 10.1. The number of hydrogen-bond donors (Lipinski definition) is 0. The first-order valence-electron chi connectivity index (χ1n) is 8.34. The van der Waals surface area contributed by atoms with Gasteiger partial charge in [0.1, 0.15) is 16.8 Å². The average molecular weight is 454 g/mol. The van der Waals surface area contributed by atoms with Crippen LogP contribution in [0, 0.1) is 17.5 Å². The monoisotopic (exact) mass is 454 g/mol. The Morgan fingerprint density at radius 1 is 1.07 bits per heavy atom. The summed E-state index contributed by atoms with van der Waals surface area (Å²) >= 11 is 0. The molecule has 1 atom stereocenters. The number of halogens is 6. The molecule has 12 heteroatoms. The Kier molecular flexibility index (Phi) is 6.80. The SMILES string of the molecule is CN(C)C(=O)c1ccc(C(c2c(F)ccc(F)c2F)S(=O)(=O)CCC(F)(F)F)cn1. The van der Waals surface area contributed by atoms with Crippen molar-refractivity contribution in [2.45, 2.75) is 17.8 Å². The van der Waals surface area contributed by atoms with Crippen molar-refractivity contribution in [1.82, 2.24) is 9.88 Å². The maximum absolute atomic E-state index is 14.3. The minimum absolute atomic E-state index is 0.143. The molecule has 1 aromatic carbocycles. The fraction of sp³-hybridized carbons (Fsp3) is 0.333. The maximum atomic E-state index is 14.3. The summed E-state index contributed by atoms with van der Waals surface area (Å²) in [6.45, 7) is 0. The second-order valence-corrected chi connectivity index (χ2v) is 8.75. The Bertz CT molecular complexity index is 1040. The standard InChI is InChI=1S/C18H16F6N2O3S/c1-26(2)17(27)13-6-3-10(9-25-13)16(30(28,29)8-7-18(22,23)24)14-11(19)4-5-12(20)15(14)21/h3-6,9,16H,7-8H2,1-2H3. The Morgan fingerprint density at radius 2 is 1.67 bits per heavy atom. The van der Waals surface area contributed by atoms with Crippen LogP contribution < -0.4 is 0 Å². The van der Waals surface area contributed by atoms with E-state index in [1.165, 1.54) is 14.1 Å². The number of hydrogen-bond acceptors (Lipinski definition) is 4. The van der Waals surface area contributed by atoms with Crippen LogP contribution in [-0.2, 0) is 9.84 Å². The highest BCUT2D eigenvalue weighted by Gasteiger charge is 2.38. The van der Waals surface area contributed by atoms with E-state index < -0.39 is 67.9 Å². The van der Waals surface area contributed by atoms with Gasteiger partial charge in [-0.1, -0.05) is 6.07 Å². The molecule has 1 unspecified atom stereocenters. The topological polar surface area (TPSA) is 67.3 Å². The van der Waals surface area contributed by atoms with Crippen molar-refractivity contribution in [3.8, 4) is 0 Å². The molecule has 0 spiro atoms. The Labute approximate surface area is 168 Å². The molecule has 0 aliphatic carbocycles. The molecule has 30 heavy (non-hydrogen) atoms. The van der Waals surface area contributed by atoms with Gasteiger partial charge in [-0.15, -0.1) is 0 Å². The van der Waals surface area contributed by atoms with Crippen LogP contribution in [0.3, 0.4) is 0 Å². The molecule has 0 radical (unpaired) electrons. The van der Waals surface area contributed by atoms with Gasteiger partial charge in [-0.25, -0.2) is 21.6 Å². The number of pyridine rings is 1. The van der Waals surface area contributed by atoms with Crippen molar-refractivity contribution in [3.63, 3.8) is 0 Å². The molecule has 0 saturated heterocycles. The van der Waals surface area contributed by atoms with Crippen molar-refractivity contribution in [3.05, 3.63) is 64.7 Å². The fourth-order valence-electron chi connectivity index (χ4n) is 2.63. The Hall–Kier alpha value is -2.63. The number of amides is 1. The molecule has 164 valence electrons. The van der Waals surface area contributed by atoms with Gasteiger partial charge in [0, 0.05) is 25.9 Å². The minimum atomic E-state index is -4.87. The van der Waals surface area contributed by atoms with Crippen molar-refractivity contribution in [1.29, 1.82) is 0 Å². The van der Waals surface area contributed by atoms with Gasteiger partial charge in [0.25, 0.3) is 5.91 Å². The summed E-state index contributed by atoms with van der Waals surface area (Å²) < 4.78 is 105. The van der Waals surface area contributed by atoms with Gasteiger partial charge in [0.05, 0.1) is 12.2 Å². The van der Waals surface area contributed by atoms with E-state index in [9.17, 15) is 39.6 Å². The predicted molar refractivity (Wildman–Crippen MR) is 94.9 cm³/mol. The number of carbonyl (C=O) groups excluding carboxylic acids is 1. The van der Waals surface area contributed by atoms with Gasteiger partial charge in [-0.3, -0.25) is 9.78 Å². The summed E-state index contributed by atoms with van der Waals surface area (Å²) in [5.41, 5.74) is -1.82. The van der Waals surface area contributed by atoms with E-state index in [0.29, 0.717) is 12.1 Å². The number of carbonyl (C=O) groups is 1. The summed E-state index contributed by atoms with van der Waals surface area (Å²) in [6.07, 6.45) is -5.82. The van der Waals surface area contributed by atoms with E-state index in [1.807, 2.05) is 0 Å². The Morgan fingerprint density at radius 3 is 2.17 bits per heavy atom. The number of nitrogens with zero attached hydrogens (tertiary/aromatic N) is 2. The smallest absolute Gasteiger partial charge is 0.343 e. The van der Waals surface area contributed by atoms with Crippen molar-refractivity contribution < 1.29 is 39.6 Å². The lowest BCUT2D eigenvalue weighted by Gasteiger charge is -2.21. The summed E-state index contributed by atoms with van der Waals surface area (Å²) in [6, 6.07) is 2.93. The molecule has 0 bridgehead atoms. The van der Waals surface area contributed by atoms with Crippen molar-refractivity contribution >= 4 is 15.7 Å². The third-order valence-electron chi connectivity index (χ3n) is 4.09. The lowest BCUT2D eigenvalue weighted by Crippen LogP contribution is -2.25. The van der Waals surface area contributed by atoms with Gasteiger partial charge in [0.15, 0.2) is 21.5 Å². The highest BCUT2D eigenvalue weighted by atomic mass is 32.2. The third-order valence-corrected chi connectivity index (χ3v) is 6.08. The first-order chi connectivity index (χ1) is 13.7. The summed E-state index contributed by atoms with van der Waals surface area (Å²) in [7, 11) is -2.04. The van der Waals surface area contributed by atoms with Crippen LogP contribution in [0.1, 0.15) is 33.3 Å². The highest BCUT2D eigenvalue weighted by Crippen LogP contribution is 2.36. The van der Waals surface area contributed by atoms with Crippen LogP contribution in [0.25, 0.3) is 0 Å². The number of aromatic nitrogens is 1. The van der Waals surface area contributed by atoms with Crippen molar-refractivity contribution in [2.75, 3.05) is 19.8 Å². The molecule has 5 nitrogen and oxygen atoms in total. The molecule has 0 aliphatic heterocycles. The molecular weight excluding hydrogens is 438 g/mol. The van der Waals surface area contributed by atoms with Crippen molar-refractivity contribution in [2.24, 2.45) is 0 Å². The first kappa shape index (κ1) is 23.6. The molecule has 2 rings (SSSR count). The van der Waals surface area contributed by atoms with Crippen LogP contribution in [0.5, 0.6) is 0 Å². The maximum Gasteiger partial charge on any atom is 0.390 e. The molecule has 0 aliphatic rings. The second kappa shape index (κ2) is 8.62. The number of rotatable bonds is 6. The molecule has 1 aromatic heterocycles. The van der Waals surface area contributed by atoms with E-state index in [1.54, 1.807) is 0 Å². The number of sulfone groups is 1. The zero-order chi connectivity index (χ0) is 22.9. The fourth-order valence-corrected chi connectivity index (χ4v) is 4.51. The Balaban J connectivity index is 2.64. The highest BCUT2D eigenvalue weighted by molar-refractivity contribution is 7.91. The van der Waals surface area contributed by atoms with Gasteiger partial charge in [0.2, 0.25) is 0 Å². The van der Waals surface area contributed by atoms with E-state index >= 15 is 0 Å². The molecule has 0 fully saturated rings. The predicted octanol–water partition coefficient (Wildman–Crippen LogP) is 3.66. The molecular formula is C18H16F6N2O3S. The quantitative estimate of drug-likeness (QED) is 0.494. The normalized spacial score (nSPS) is 13.2. The summed E-state index contributed by atoms with van der Waals surface area (Å²) in [5.74, 6) is -6.93. The van der Waals surface area contributed by atoms with E-state index in [4.69, 9.17) is 0 Å². The molecule has 2 aromatic rings. The number of benzene rings is 1. The molecule has 0 saturated carbocycles. The van der Waals surface area contributed by atoms with Gasteiger partial charge in [-0.2, -0.15) is 13.2 Å². The summed E-state index contributed by atoms with van der Waals surface area (Å²) in [4.78, 5) is 16.8. The van der Waals surface area contributed by atoms with Gasteiger partial charge >= 0.3 is 6.18 Å². The summed E-state index contributed by atoms with van der Waals surface area (Å²) in [5, 5.41) is -2.30. The van der Waals surface area contributed by atoms with Crippen LogP contribution in [-0.4, -0.2) is 50.2 Å². The minimum Gasteiger partial charge on any atom is -0.343 e. The van der Waals surface area contributed by atoms with Crippen LogP contribution in [0.15, 0.2) is 30.5 Å². The van der Waals surface area contributed by atoms with E-state index in [2.05, 4.69) is 4.98 Å². The molecule has 1 heterocycles. The lowest BCUT2D eigenvalue weighted by atomic mass is 10.0. The molecule has 0 N–H and O–H groups in total. The van der Waals surface area contributed by atoms with Crippen LogP contribution in [0.4, 0.5) is 26.3 Å². The van der Waals surface area contributed by atoms with Crippen LogP contribution >= 0.6 is 0 Å². The lowest BCUT2D eigenvalue weighted by molar-refractivity contribution is -0.129. The van der Waals surface area contributed by atoms with E-state index in [-0.39, 0.29) is 5.69 Å². The molecule has 1 amide bonds. The zero-order valence-electron chi connectivity index (χ0n) is 15.7. The van der Waals surface area contributed by atoms with Gasteiger partial charge < -0.3 is 4.90 Å². The second-order valence-electron chi connectivity index (χ2n) is 6.55. The van der Waals surface area contributed by atoms with E-state index in [0.717, 1.165) is 23.2 Å².